The van der Waals surface area contributed by atoms with E-state index in [1.807, 2.05) is 60.7 Å². The SMILES string of the molecule is CC(C)[C@@H]1CC[C@@H](C)C[C@H]1O[C@H]1CC([Se]c2ccccc2)([C@@H](O)CCN(Cc2ccccc2)C(=O)O[Si](C(C)C)(C(C)C)C(C)C)C(=O)O1. The number of esters is 1. The van der Waals surface area contributed by atoms with E-state index in [0.717, 1.165) is 22.9 Å². The first-order chi connectivity index (χ1) is 23.2. The van der Waals surface area contributed by atoms with Gasteiger partial charge < -0.3 is 0 Å². The van der Waals surface area contributed by atoms with Gasteiger partial charge in [-0.15, -0.1) is 0 Å². The van der Waals surface area contributed by atoms with Gasteiger partial charge in [0.15, 0.2) is 0 Å². The van der Waals surface area contributed by atoms with Crippen molar-refractivity contribution in [2.24, 2.45) is 17.8 Å². The molecule has 2 fully saturated rings. The zero-order valence-electron chi connectivity index (χ0n) is 31.3. The molecule has 2 aliphatic rings. The van der Waals surface area contributed by atoms with Crippen molar-refractivity contribution in [3.8, 4) is 0 Å². The second kappa shape index (κ2) is 17.4. The second-order valence-corrected chi connectivity index (χ2v) is 24.1. The predicted octanol–water partition coefficient (Wildman–Crippen LogP) is 8.49. The van der Waals surface area contributed by atoms with Crippen molar-refractivity contribution in [2.45, 2.75) is 140 Å². The molecule has 0 spiro atoms. The van der Waals surface area contributed by atoms with E-state index in [2.05, 4.69) is 62.3 Å². The van der Waals surface area contributed by atoms with Crippen LogP contribution >= 0.6 is 0 Å². The van der Waals surface area contributed by atoms with Crippen molar-refractivity contribution >= 4 is 39.8 Å². The number of hydrogen-bond donors (Lipinski definition) is 1. The summed E-state index contributed by atoms with van der Waals surface area (Å²) in [7, 11) is -2.52. The van der Waals surface area contributed by atoms with Crippen molar-refractivity contribution in [3.63, 3.8) is 0 Å². The van der Waals surface area contributed by atoms with Crippen LogP contribution in [0.2, 0.25) is 20.9 Å². The van der Waals surface area contributed by atoms with Crippen LogP contribution in [0.5, 0.6) is 0 Å². The molecular formula is C40H61NO6SeSi. The van der Waals surface area contributed by atoms with E-state index in [9.17, 15) is 14.7 Å². The van der Waals surface area contributed by atoms with E-state index in [-0.39, 0.29) is 41.8 Å². The number of aliphatic hydroxyl groups is 1. The van der Waals surface area contributed by atoms with E-state index in [1.54, 1.807) is 4.90 Å². The standard InChI is InChI=1S/C40H61NO6SeSi/c1-27(2)34-21-20-31(9)24-35(34)45-37-25-40(38(43)46-37,48-33-18-14-11-15-19-33)36(42)22-23-41(26-32-16-12-10-13-17-32)39(44)47-49(28(3)4,29(5)6)30(7)8/h10-19,27-31,34-37,42H,20-26H2,1-9H3/t31-,34+,35-,36+,37-,40?/m1/s1. The molecule has 0 radical (unpaired) electrons. The van der Waals surface area contributed by atoms with Crippen LogP contribution in [0.4, 0.5) is 4.79 Å². The Morgan fingerprint density at radius 3 is 2.12 bits per heavy atom. The molecular weight excluding hydrogens is 697 g/mol. The number of carbonyl (C=O) groups is 2. The van der Waals surface area contributed by atoms with Gasteiger partial charge in [-0.25, -0.2) is 0 Å². The van der Waals surface area contributed by atoms with Crippen LogP contribution in [0.25, 0.3) is 0 Å². The maximum absolute atomic E-state index is 14.2. The summed E-state index contributed by atoms with van der Waals surface area (Å²) in [5.74, 6) is 1.03. The van der Waals surface area contributed by atoms with E-state index in [0.29, 0.717) is 30.7 Å². The Morgan fingerprint density at radius 1 is 0.959 bits per heavy atom. The van der Waals surface area contributed by atoms with Crippen molar-refractivity contribution in [1.29, 1.82) is 0 Å². The third-order valence-corrected chi connectivity index (χ3v) is 20.1. The van der Waals surface area contributed by atoms with Gasteiger partial charge in [0.2, 0.25) is 0 Å². The number of carbonyl (C=O) groups excluding carboxylic acids is 2. The Morgan fingerprint density at radius 2 is 1.55 bits per heavy atom. The van der Waals surface area contributed by atoms with E-state index < -0.39 is 46.0 Å². The van der Waals surface area contributed by atoms with Crippen LogP contribution < -0.4 is 4.46 Å². The molecule has 0 bridgehead atoms. The van der Waals surface area contributed by atoms with Crippen LogP contribution in [-0.2, 0) is 25.2 Å². The fraction of sp³-hybridized carbons (Fsp3) is 0.650. The maximum atomic E-state index is 14.2. The molecule has 6 atom stereocenters. The molecule has 1 N–H and O–H groups in total. The molecule has 272 valence electrons. The molecule has 1 amide bonds. The van der Waals surface area contributed by atoms with Crippen LogP contribution in [0.15, 0.2) is 60.7 Å². The minimum atomic E-state index is -2.52. The fourth-order valence-electron chi connectivity index (χ4n) is 8.38. The first-order valence-electron chi connectivity index (χ1n) is 18.5. The van der Waals surface area contributed by atoms with Gasteiger partial charge in [0.1, 0.15) is 0 Å². The number of nitrogens with zero attached hydrogens (tertiary/aromatic N) is 1. The van der Waals surface area contributed by atoms with Crippen molar-refractivity contribution < 1.29 is 28.6 Å². The molecule has 1 saturated heterocycles. The molecule has 9 heteroatoms. The topological polar surface area (TPSA) is 85.3 Å². The first-order valence-corrected chi connectivity index (χ1v) is 22.3. The van der Waals surface area contributed by atoms with Crippen molar-refractivity contribution in [1.82, 2.24) is 4.90 Å². The zero-order valence-corrected chi connectivity index (χ0v) is 34.0. The molecule has 4 rings (SSSR count). The van der Waals surface area contributed by atoms with Gasteiger partial charge in [-0.3, -0.25) is 0 Å². The number of hydrogen-bond acceptors (Lipinski definition) is 6. The average Bonchev–Trinajstić information content (AvgIpc) is 3.36. The average molecular weight is 759 g/mol. The van der Waals surface area contributed by atoms with Gasteiger partial charge in [0.05, 0.1) is 0 Å². The van der Waals surface area contributed by atoms with Gasteiger partial charge in [-0.05, 0) is 0 Å². The molecule has 1 aliphatic heterocycles. The van der Waals surface area contributed by atoms with Crippen LogP contribution in [0.1, 0.15) is 100.0 Å². The summed E-state index contributed by atoms with van der Waals surface area (Å²) in [5, 5.41) is 12.1. The Labute approximate surface area is 303 Å². The first kappa shape index (κ1) is 39.6. The minimum absolute atomic E-state index is 0.0159. The number of cyclic esters (lactones) is 1. The molecule has 1 saturated carbocycles. The summed E-state index contributed by atoms with van der Waals surface area (Å²) in [4.78, 5) is 29.9. The fourth-order valence-corrected chi connectivity index (χ4v) is 16.3. The molecule has 2 aromatic carbocycles. The number of aliphatic hydroxyl groups excluding tert-OH is 1. The number of amides is 1. The number of ether oxygens (including phenoxy) is 2. The van der Waals surface area contributed by atoms with Gasteiger partial charge in [-0.2, -0.15) is 0 Å². The van der Waals surface area contributed by atoms with Crippen LogP contribution in [0, 0.1) is 17.8 Å². The van der Waals surface area contributed by atoms with Gasteiger partial charge in [0, 0.05) is 0 Å². The molecule has 2 aromatic rings. The summed E-state index contributed by atoms with van der Waals surface area (Å²) in [5.41, 5.74) is 1.71. The van der Waals surface area contributed by atoms with E-state index in [4.69, 9.17) is 13.9 Å². The zero-order chi connectivity index (χ0) is 35.9. The quantitative estimate of drug-likeness (QED) is 0.145. The van der Waals surface area contributed by atoms with Crippen LogP contribution in [0.3, 0.4) is 0 Å². The third kappa shape index (κ3) is 9.39. The predicted molar refractivity (Wildman–Crippen MR) is 200 cm³/mol. The molecule has 0 aromatic heterocycles. The Hall–Kier alpha value is -2.16. The van der Waals surface area contributed by atoms with Crippen molar-refractivity contribution in [2.75, 3.05) is 6.54 Å². The molecule has 1 heterocycles. The normalized spacial score (nSPS) is 25.2. The van der Waals surface area contributed by atoms with Crippen molar-refractivity contribution in [3.05, 3.63) is 66.2 Å². The summed E-state index contributed by atoms with van der Waals surface area (Å²) in [6, 6.07) is 19.8. The van der Waals surface area contributed by atoms with Gasteiger partial charge in [-0.1, -0.05) is 0 Å². The summed E-state index contributed by atoms with van der Waals surface area (Å²) < 4.78 is 19.2. The third-order valence-electron chi connectivity index (χ3n) is 11.0. The second-order valence-electron chi connectivity index (χ2n) is 15.7. The molecule has 1 aliphatic carbocycles. The van der Waals surface area contributed by atoms with E-state index >= 15 is 0 Å². The molecule has 49 heavy (non-hydrogen) atoms. The van der Waals surface area contributed by atoms with Gasteiger partial charge >= 0.3 is 304 Å². The van der Waals surface area contributed by atoms with E-state index in [1.165, 1.54) is 6.42 Å². The summed E-state index contributed by atoms with van der Waals surface area (Å²) in [6.07, 6.45) is 1.68. The summed E-state index contributed by atoms with van der Waals surface area (Å²) in [6.45, 7) is 20.4. The number of benzene rings is 2. The monoisotopic (exact) mass is 759 g/mol. The summed E-state index contributed by atoms with van der Waals surface area (Å²) >= 11 is -0.431. The Kier molecular flexibility index (Phi) is 14.0. The number of rotatable bonds is 15. The Balaban J connectivity index is 1.60. The molecule has 1 unspecified atom stereocenters. The molecule has 7 nitrogen and oxygen atoms in total. The van der Waals surface area contributed by atoms with Crippen LogP contribution in [-0.4, -0.2) is 70.4 Å². The Bertz CT molecular complexity index is 1320. The van der Waals surface area contributed by atoms with Gasteiger partial charge in [0.25, 0.3) is 0 Å².